The molecule has 0 spiro atoms. The summed E-state index contributed by atoms with van der Waals surface area (Å²) in [5.74, 6) is -1.14. The molecule has 0 saturated heterocycles. The molecule has 8 heteroatoms. The maximum Gasteiger partial charge on any atom is 0.336 e. The lowest BCUT2D eigenvalue weighted by Gasteiger charge is -2.09. The number of rotatable bonds is 4. The highest BCUT2D eigenvalue weighted by atomic mass is 16.5. The molecule has 0 aliphatic rings. The van der Waals surface area contributed by atoms with Gasteiger partial charge in [0.15, 0.2) is 6.61 Å². The Morgan fingerprint density at radius 1 is 1.04 bits per heavy atom. The molecule has 2 amide bonds. The number of phenolic OH excluding ortho intramolecular Hbond substituents is 1. The molecule has 0 aliphatic carbocycles. The summed E-state index contributed by atoms with van der Waals surface area (Å²) in [5.41, 5.74) is 4.23. The molecule has 3 rings (SSSR count). The van der Waals surface area contributed by atoms with E-state index in [1.54, 1.807) is 30.3 Å². The van der Waals surface area contributed by atoms with E-state index in [1.807, 2.05) is 0 Å². The van der Waals surface area contributed by atoms with Crippen LogP contribution in [0.25, 0.3) is 11.0 Å². The molecule has 1 aromatic heterocycles. The summed E-state index contributed by atoms with van der Waals surface area (Å²) in [6.45, 7) is -0.371. The molecule has 0 bridgehead atoms. The van der Waals surface area contributed by atoms with Crippen molar-refractivity contribution >= 4 is 22.8 Å². The van der Waals surface area contributed by atoms with Crippen molar-refractivity contribution in [1.29, 1.82) is 0 Å². The van der Waals surface area contributed by atoms with E-state index in [1.165, 1.54) is 24.3 Å². The van der Waals surface area contributed by atoms with Crippen LogP contribution in [0.4, 0.5) is 0 Å². The van der Waals surface area contributed by atoms with Crippen LogP contribution in [0, 0.1) is 0 Å². The van der Waals surface area contributed by atoms with Crippen molar-refractivity contribution in [3.63, 3.8) is 0 Å². The van der Waals surface area contributed by atoms with Crippen LogP contribution in [0.3, 0.4) is 0 Å². The van der Waals surface area contributed by atoms with E-state index in [0.29, 0.717) is 11.3 Å². The summed E-state index contributed by atoms with van der Waals surface area (Å²) in [6.07, 6.45) is 0. The molecule has 0 aliphatic heterocycles. The molecule has 0 radical (unpaired) electrons. The summed E-state index contributed by atoms with van der Waals surface area (Å²) in [7, 11) is 0. The second-order valence-corrected chi connectivity index (χ2v) is 5.26. The van der Waals surface area contributed by atoms with Crippen LogP contribution >= 0.6 is 0 Å². The molecule has 3 N–H and O–H groups in total. The van der Waals surface area contributed by atoms with E-state index in [2.05, 4.69) is 10.9 Å². The van der Waals surface area contributed by atoms with E-state index in [4.69, 9.17) is 9.15 Å². The molecule has 132 valence electrons. The summed E-state index contributed by atoms with van der Waals surface area (Å²) < 4.78 is 10.3. The minimum absolute atomic E-state index is 0.0262. The molecule has 3 aromatic rings. The van der Waals surface area contributed by atoms with Crippen LogP contribution in [-0.2, 0) is 4.79 Å². The van der Waals surface area contributed by atoms with E-state index in [0.717, 1.165) is 5.39 Å². The normalized spacial score (nSPS) is 10.3. The zero-order chi connectivity index (χ0) is 18.5. The van der Waals surface area contributed by atoms with Gasteiger partial charge in [0.25, 0.3) is 11.8 Å². The second-order valence-electron chi connectivity index (χ2n) is 5.26. The molecule has 0 fully saturated rings. The van der Waals surface area contributed by atoms with Crippen molar-refractivity contribution in [1.82, 2.24) is 10.9 Å². The number of ether oxygens (including phenoxy) is 1. The van der Waals surface area contributed by atoms with Gasteiger partial charge in [0.2, 0.25) is 0 Å². The molecule has 0 unspecified atom stereocenters. The summed E-state index contributed by atoms with van der Waals surface area (Å²) in [5, 5.41) is 10.3. The van der Waals surface area contributed by atoms with Crippen molar-refractivity contribution in [2.45, 2.75) is 0 Å². The van der Waals surface area contributed by atoms with Gasteiger partial charge in [-0.05, 0) is 30.3 Å². The van der Waals surface area contributed by atoms with Crippen molar-refractivity contribution in [3.05, 3.63) is 70.6 Å². The van der Waals surface area contributed by atoms with E-state index in [9.17, 15) is 19.5 Å². The number of hydrazine groups is 1. The number of hydrogen-bond donors (Lipinski definition) is 3. The third-order valence-electron chi connectivity index (χ3n) is 3.43. The number of benzene rings is 2. The van der Waals surface area contributed by atoms with Gasteiger partial charge in [-0.3, -0.25) is 20.4 Å². The van der Waals surface area contributed by atoms with Crippen LogP contribution in [0.5, 0.6) is 11.5 Å². The fourth-order valence-electron chi connectivity index (χ4n) is 2.18. The third kappa shape index (κ3) is 3.99. The molecule has 8 nitrogen and oxygen atoms in total. The van der Waals surface area contributed by atoms with E-state index < -0.39 is 17.4 Å². The predicted octanol–water partition coefficient (Wildman–Crippen LogP) is 1.34. The first kappa shape index (κ1) is 17.0. The molecule has 26 heavy (non-hydrogen) atoms. The number of nitrogens with one attached hydrogen (secondary N) is 2. The molecular weight excluding hydrogens is 340 g/mol. The van der Waals surface area contributed by atoms with Crippen LogP contribution in [0.2, 0.25) is 0 Å². The first-order valence-corrected chi connectivity index (χ1v) is 7.57. The molecule has 0 saturated carbocycles. The first-order valence-electron chi connectivity index (χ1n) is 7.57. The summed E-state index contributed by atoms with van der Waals surface area (Å²) >= 11 is 0. The monoisotopic (exact) mass is 354 g/mol. The first-order chi connectivity index (χ1) is 12.5. The van der Waals surface area contributed by atoms with Crippen molar-refractivity contribution in [3.8, 4) is 11.5 Å². The average Bonchev–Trinajstić information content (AvgIpc) is 2.64. The number of aromatic hydroxyl groups is 1. The standard InChI is InChI=1S/C18H14N2O6/c21-14-4-2-1-3-13(14)18(24)20-19-16(22)10-25-12-7-5-11-6-8-17(23)26-15(11)9-12/h1-9,21H,10H2,(H,19,22)(H,20,24). The Labute approximate surface area is 147 Å². The van der Waals surface area contributed by atoms with Gasteiger partial charge in [-0.2, -0.15) is 0 Å². The van der Waals surface area contributed by atoms with Crippen LogP contribution in [-0.4, -0.2) is 23.5 Å². The maximum absolute atomic E-state index is 11.9. The summed E-state index contributed by atoms with van der Waals surface area (Å²) in [6, 6.07) is 13.7. The fraction of sp³-hybridized carbons (Fsp3) is 0.0556. The number of carbonyl (C=O) groups excluding carboxylic acids is 2. The van der Waals surface area contributed by atoms with Crippen LogP contribution < -0.4 is 21.2 Å². The minimum atomic E-state index is -0.663. The van der Waals surface area contributed by atoms with Gasteiger partial charge in [-0.1, -0.05) is 12.1 Å². The van der Waals surface area contributed by atoms with Gasteiger partial charge in [0, 0.05) is 17.5 Å². The maximum atomic E-state index is 11.9. The van der Waals surface area contributed by atoms with Gasteiger partial charge in [-0.15, -0.1) is 0 Å². The lowest BCUT2D eigenvalue weighted by Crippen LogP contribution is -2.43. The van der Waals surface area contributed by atoms with Crippen LogP contribution in [0.1, 0.15) is 10.4 Å². The Morgan fingerprint density at radius 3 is 2.62 bits per heavy atom. The van der Waals surface area contributed by atoms with Crippen LogP contribution in [0.15, 0.2) is 63.8 Å². The van der Waals surface area contributed by atoms with Gasteiger partial charge in [-0.25, -0.2) is 4.79 Å². The lowest BCUT2D eigenvalue weighted by molar-refractivity contribution is -0.123. The molecule has 0 atom stereocenters. The fourth-order valence-corrected chi connectivity index (χ4v) is 2.18. The van der Waals surface area contributed by atoms with E-state index >= 15 is 0 Å². The van der Waals surface area contributed by atoms with Gasteiger partial charge < -0.3 is 14.3 Å². The number of hydrogen-bond acceptors (Lipinski definition) is 6. The molecule has 2 aromatic carbocycles. The van der Waals surface area contributed by atoms with E-state index in [-0.39, 0.29) is 17.9 Å². The quantitative estimate of drug-likeness (QED) is 0.481. The SMILES string of the molecule is O=C(COc1ccc2ccc(=O)oc2c1)NNC(=O)c1ccccc1O. The largest absolute Gasteiger partial charge is 0.507 e. The number of para-hydroxylation sites is 1. The number of amides is 2. The predicted molar refractivity (Wildman–Crippen MR) is 91.7 cm³/mol. The van der Waals surface area contributed by atoms with Crippen molar-refractivity contribution in [2.24, 2.45) is 0 Å². The number of fused-ring (bicyclic) bond motifs is 1. The van der Waals surface area contributed by atoms with Gasteiger partial charge in [0.1, 0.15) is 17.1 Å². The Balaban J connectivity index is 1.55. The Kier molecular flexibility index (Phi) is 4.84. The second kappa shape index (κ2) is 7.39. The third-order valence-corrected chi connectivity index (χ3v) is 3.43. The highest BCUT2D eigenvalue weighted by molar-refractivity contribution is 5.97. The Bertz CT molecular complexity index is 1030. The smallest absolute Gasteiger partial charge is 0.336 e. The zero-order valence-electron chi connectivity index (χ0n) is 13.4. The minimum Gasteiger partial charge on any atom is -0.507 e. The lowest BCUT2D eigenvalue weighted by atomic mass is 10.2. The number of phenols is 1. The topological polar surface area (TPSA) is 118 Å². The molecule has 1 heterocycles. The van der Waals surface area contributed by atoms with Gasteiger partial charge in [0.05, 0.1) is 5.56 Å². The van der Waals surface area contributed by atoms with Crippen molar-refractivity contribution < 1.29 is 23.8 Å². The summed E-state index contributed by atoms with van der Waals surface area (Å²) in [4.78, 5) is 34.8. The zero-order valence-corrected chi connectivity index (χ0v) is 13.4. The van der Waals surface area contributed by atoms with Crippen molar-refractivity contribution in [2.75, 3.05) is 6.61 Å². The highest BCUT2D eigenvalue weighted by Crippen LogP contribution is 2.19. The Hall–Kier alpha value is -3.81. The Morgan fingerprint density at radius 2 is 1.81 bits per heavy atom. The average molecular weight is 354 g/mol. The number of carbonyl (C=O) groups is 2. The highest BCUT2D eigenvalue weighted by Gasteiger charge is 2.11. The van der Waals surface area contributed by atoms with Gasteiger partial charge >= 0.3 is 5.63 Å². The molecular formula is C18H14N2O6.